The van der Waals surface area contributed by atoms with Crippen LogP contribution in [0.2, 0.25) is 0 Å². The number of piperidine rings is 1. The Labute approximate surface area is 110 Å². The second kappa shape index (κ2) is 6.95. The Morgan fingerprint density at radius 1 is 1.28 bits per heavy atom. The van der Waals surface area contributed by atoms with Gasteiger partial charge < -0.3 is 4.90 Å². The maximum atomic E-state index is 5.58. The average Bonchev–Trinajstić information content (AvgIpc) is 2.90. The van der Waals surface area contributed by atoms with Crippen molar-refractivity contribution in [2.45, 2.75) is 45.1 Å². The highest BCUT2D eigenvalue weighted by atomic mass is 15.4. The fraction of sp³-hybridized carbons (Fsp3) is 0.923. The molecule has 2 rings (SSSR count). The second-order valence-corrected chi connectivity index (χ2v) is 5.33. The van der Waals surface area contributed by atoms with E-state index in [-0.39, 0.29) is 0 Å². The number of hydrogen-bond acceptors (Lipinski definition) is 3. The highest BCUT2D eigenvalue weighted by molar-refractivity contribution is 5.79. The highest BCUT2D eigenvalue weighted by Gasteiger charge is 2.29. The predicted octanol–water partition coefficient (Wildman–Crippen LogP) is 0.776. The molecule has 5 heteroatoms. The minimum absolute atomic E-state index is 0.700. The standard InChI is InChI=1S/C13H27N5/c1-2-7-15-13(16-14)18-10-6-12(11-18)17-8-4-3-5-9-17/h12H,2-11,14H2,1H3,(H,15,16). The molecule has 0 spiro atoms. The summed E-state index contributed by atoms with van der Waals surface area (Å²) in [7, 11) is 0. The van der Waals surface area contributed by atoms with Gasteiger partial charge in [-0.2, -0.15) is 0 Å². The first-order valence-corrected chi connectivity index (χ1v) is 7.35. The number of nitrogens with two attached hydrogens (primary N) is 1. The summed E-state index contributed by atoms with van der Waals surface area (Å²) in [4.78, 5) is 9.46. The summed E-state index contributed by atoms with van der Waals surface area (Å²) in [6.45, 7) is 7.69. The van der Waals surface area contributed by atoms with Gasteiger partial charge in [-0.25, -0.2) is 5.84 Å². The Morgan fingerprint density at radius 2 is 2.06 bits per heavy atom. The van der Waals surface area contributed by atoms with Crippen LogP contribution in [0.3, 0.4) is 0 Å². The molecule has 2 fully saturated rings. The van der Waals surface area contributed by atoms with Gasteiger partial charge in [-0.15, -0.1) is 0 Å². The van der Waals surface area contributed by atoms with Crippen LogP contribution in [0.1, 0.15) is 39.0 Å². The lowest BCUT2D eigenvalue weighted by Gasteiger charge is -2.32. The number of likely N-dealkylation sites (tertiary alicyclic amines) is 2. The fourth-order valence-electron chi connectivity index (χ4n) is 2.97. The van der Waals surface area contributed by atoms with Crippen molar-refractivity contribution >= 4 is 5.96 Å². The molecule has 2 saturated heterocycles. The van der Waals surface area contributed by atoms with Crippen LogP contribution in [0.5, 0.6) is 0 Å². The molecule has 2 heterocycles. The third-order valence-corrected chi connectivity index (χ3v) is 3.98. The zero-order valence-corrected chi connectivity index (χ0v) is 11.6. The molecule has 1 atom stereocenters. The van der Waals surface area contributed by atoms with Crippen LogP contribution < -0.4 is 11.3 Å². The van der Waals surface area contributed by atoms with E-state index < -0.39 is 0 Å². The first-order chi connectivity index (χ1) is 8.85. The van der Waals surface area contributed by atoms with Crippen LogP contribution in [0.15, 0.2) is 4.99 Å². The number of nitrogens with one attached hydrogen (secondary N) is 1. The second-order valence-electron chi connectivity index (χ2n) is 5.33. The van der Waals surface area contributed by atoms with E-state index in [4.69, 9.17) is 5.84 Å². The van der Waals surface area contributed by atoms with E-state index in [1.54, 1.807) is 0 Å². The van der Waals surface area contributed by atoms with Crippen molar-refractivity contribution in [3.63, 3.8) is 0 Å². The summed E-state index contributed by atoms with van der Waals surface area (Å²) in [5.41, 5.74) is 2.76. The van der Waals surface area contributed by atoms with E-state index in [2.05, 4.69) is 27.1 Å². The van der Waals surface area contributed by atoms with Gasteiger partial charge in [0.25, 0.3) is 0 Å². The molecule has 104 valence electrons. The molecule has 0 radical (unpaired) electrons. The van der Waals surface area contributed by atoms with Crippen molar-refractivity contribution in [3.8, 4) is 0 Å². The Bertz CT molecular complexity index is 273. The third-order valence-electron chi connectivity index (χ3n) is 3.98. The summed E-state index contributed by atoms with van der Waals surface area (Å²) in [5, 5.41) is 0. The monoisotopic (exact) mass is 253 g/mol. The number of hydrogen-bond donors (Lipinski definition) is 2. The molecule has 0 aliphatic carbocycles. The van der Waals surface area contributed by atoms with Crippen LogP contribution >= 0.6 is 0 Å². The van der Waals surface area contributed by atoms with E-state index in [9.17, 15) is 0 Å². The van der Waals surface area contributed by atoms with Gasteiger partial charge in [0.05, 0.1) is 0 Å². The molecule has 0 amide bonds. The van der Waals surface area contributed by atoms with Crippen LogP contribution in [-0.4, -0.2) is 54.5 Å². The molecular weight excluding hydrogens is 226 g/mol. The van der Waals surface area contributed by atoms with Crippen molar-refractivity contribution in [3.05, 3.63) is 0 Å². The summed E-state index contributed by atoms with van der Waals surface area (Å²) in [5.74, 6) is 6.45. The third kappa shape index (κ3) is 3.36. The van der Waals surface area contributed by atoms with E-state index in [1.807, 2.05) is 0 Å². The predicted molar refractivity (Wildman–Crippen MR) is 75.3 cm³/mol. The number of guanidine groups is 1. The molecule has 3 N–H and O–H groups in total. The molecule has 5 nitrogen and oxygen atoms in total. The lowest BCUT2D eigenvalue weighted by atomic mass is 10.1. The zero-order chi connectivity index (χ0) is 12.8. The molecular formula is C13H27N5. The lowest BCUT2D eigenvalue weighted by Crippen LogP contribution is -2.46. The molecule has 0 aromatic heterocycles. The molecule has 0 aromatic rings. The SMILES string of the molecule is CCCN=C(NN)N1CCC(N2CCCCC2)C1. The van der Waals surface area contributed by atoms with Crippen molar-refractivity contribution in [2.24, 2.45) is 10.8 Å². The first kappa shape index (κ1) is 13.6. The number of rotatable bonds is 3. The Morgan fingerprint density at radius 3 is 2.72 bits per heavy atom. The van der Waals surface area contributed by atoms with Crippen LogP contribution in [0, 0.1) is 0 Å². The summed E-state index contributed by atoms with van der Waals surface area (Å²) < 4.78 is 0. The van der Waals surface area contributed by atoms with E-state index in [0.717, 1.165) is 32.0 Å². The minimum Gasteiger partial charge on any atom is -0.340 e. The molecule has 1 unspecified atom stereocenters. The molecule has 0 bridgehead atoms. The van der Waals surface area contributed by atoms with Crippen molar-refractivity contribution in [1.29, 1.82) is 0 Å². The van der Waals surface area contributed by atoms with Gasteiger partial charge in [-0.3, -0.25) is 15.3 Å². The van der Waals surface area contributed by atoms with Gasteiger partial charge in [0, 0.05) is 25.7 Å². The van der Waals surface area contributed by atoms with Crippen LogP contribution in [-0.2, 0) is 0 Å². The summed E-state index contributed by atoms with van der Waals surface area (Å²) >= 11 is 0. The normalized spacial score (nSPS) is 26.7. The van der Waals surface area contributed by atoms with Gasteiger partial charge in [0.15, 0.2) is 0 Å². The van der Waals surface area contributed by atoms with Crippen molar-refractivity contribution in [1.82, 2.24) is 15.2 Å². The van der Waals surface area contributed by atoms with E-state index >= 15 is 0 Å². The number of aliphatic imine (C=N–C) groups is 1. The van der Waals surface area contributed by atoms with Crippen molar-refractivity contribution < 1.29 is 0 Å². The lowest BCUT2D eigenvalue weighted by molar-refractivity contribution is 0.168. The van der Waals surface area contributed by atoms with Crippen LogP contribution in [0.25, 0.3) is 0 Å². The Balaban J connectivity index is 1.86. The molecule has 18 heavy (non-hydrogen) atoms. The van der Waals surface area contributed by atoms with Gasteiger partial charge in [-0.1, -0.05) is 13.3 Å². The highest BCUT2D eigenvalue weighted by Crippen LogP contribution is 2.20. The molecule has 2 aliphatic heterocycles. The van der Waals surface area contributed by atoms with E-state index in [0.29, 0.717) is 6.04 Å². The maximum absolute atomic E-state index is 5.58. The molecule has 0 saturated carbocycles. The zero-order valence-electron chi connectivity index (χ0n) is 11.6. The number of hydrazine groups is 1. The largest absolute Gasteiger partial charge is 0.340 e. The smallest absolute Gasteiger partial charge is 0.208 e. The average molecular weight is 253 g/mol. The van der Waals surface area contributed by atoms with Gasteiger partial charge in [0.2, 0.25) is 5.96 Å². The fourth-order valence-corrected chi connectivity index (χ4v) is 2.97. The first-order valence-electron chi connectivity index (χ1n) is 7.35. The number of nitrogens with zero attached hydrogens (tertiary/aromatic N) is 3. The molecule has 0 aromatic carbocycles. The Hall–Kier alpha value is -0.810. The minimum atomic E-state index is 0.700. The van der Waals surface area contributed by atoms with Gasteiger partial charge in [0.1, 0.15) is 0 Å². The van der Waals surface area contributed by atoms with Gasteiger partial charge >= 0.3 is 0 Å². The quantitative estimate of drug-likeness (QED) is 0.338. The Kier molecular flexibility index (Phi) is 5.26. The van der Waals surface area contributed by atoms with Crippen molar-refractivity contribution in [2.75, 3.05) is 32.7 Å². The van der Waals surface area contributed by atoms with Gasteiger partial charge in [-0.05, 0) is 38.8 Å². The topological polar surface area (TPSA) is 56.9 Å². The summed E-state index contributed by atoms with van der Waals surface area (Å²) in [6, 6.07) is 0.700. The summed E-state index contributed by atoms with van der Waals surface area (Å²) in [6.07, 6.45) is 6.44. The molecule has 2 aliphatic rings. The van der Waals surface area contributed by atoms with E-state index in [1.165, 1.54) is 38.8 Å². The van der Waals surface area contributed by atoms with Crippen LogP contribution in [0.4, 0.5) is 0 Å². The maximum Gasteiger partial charge on any atom is 0.208 e.